The van der Waals surface area contributed by atoms with E-state index < -0.39 is 0 Å². The number of hydrogen-bond donors (Lipinski definition) is 2. The second-order valence-corrected chi connectivity index (χ2v) is 4.85. The predicted octanol–water partition coefficient (Wildman–Crippen LogP) is 0.816. The molecule has 2 N–H and O–H groups in total. The lowest BCUT2D eigenvalue weighted by atomic mass is 10.3. The van der Waals surface area contributed by atoms with E-state index in [2.05, 4.69) is 44.5 Å². The summed E-state index contributed by atoms with van der Waals surface area (Å²) in [6, 6.07) is 1.50. The zero-order valence-corrected chi connectivity index (χ0v) is 12.0. The quantitative estimate of drug-likeness (QED) is 0.756. The number of aromatic nitrogens is 3. The average molecular weight is 266 g/mol. The van der Waals surface area contributed by atoms with E-state index >= 15 is 0 Å². The van der Waals surface area contributed by atoms with E-state index in [-0.39, 0.29) is 0 Å². The highest BCUT2D eigenvalue weighted by Gasteiger charge is 2.28. The summed E-state index contributed by atoms with van der Waals surface area (Å²) < 4.78 is 5.05. The third-order valence-corrected chi connectivity index (χ3v) is 3.39. The highest BCUT2D eigenvalue weighted by Crippen LogP contribution is 2.26. The third-order valence-electron chi connectivity index (χ3n) is 3.39. The van der Waals surface area contributed by atoms with E-state index in [9.17, 15) is 0 Å². The van der Waals surface area contributed by atoms with Gasteiger partial charge in [0.25, 0.3) is 0 Å². The molecule has 1 aromatic rings. The topological polar surface area (TPSA) is 75.2 Å². The lowest BCUT2D eigenvalue weighted by Gasteiger charge is -2.24. The zero-order chi connectivity index (χ0) is 13.8. The molecule has 19 heavy (non-hydrogen) atoms. The van der Waals surface area contributed by atoms with Crippen molar-refractivity contribution >= 4 is 11.9 Å². The summed E-state index contributed by atoms with van der Waals surface area (Å²) in [7, 11) is 5.47. The molecule has 106 valence electrons. The fraction of sp³-hybridized carbons (Fsp3) is 0.750. The van der Waals surface area contributed by atoms with Crippen molar-refractivity contribution in [3.8, 4) is 6.01 Å². The van der Waals surface area contributed by atoms with Gasteiger partial charge in [-0.15, -0.1) is 0 Å². The summed E-state index contributed by atoms with van der Waals surface area (Å²) in [6.45, 7) is 2.99. The van der Waals surface area contributed by atoms with Gasteiger partial charge in [-0.3, -0.25) is 4.90 Å². The Hall–Kier alpha value is -1.63. The average Bonchev–Trinajstić information content (AvgIpc) is 3.27. The van der Waals surface area contributed by atoms with Crippen LogP contribution in [0.2, 0.25) is 0 Å². The molecule has 0 saturated heterocycles. The molecule has 0 spiro atoms. The van der Waals surface area contributed by atoms with Crippen LogP contribution in [-0.2, 0) is 0 Å². The van der Waals surface area contributed by atoms with Crippen molar-refractivity contribution in [2.75, 3.05) is 38.4 Å². The molecule has 1 heterocycles. The molecule has 1 aliphatic carbocycles. The third kappa shape index (κ3) is 3.66. The summed E-state index contributed by atoms with van der Waals surface area (Å²) in [5.74, 6) is 1.03. The number of rotatable bonds is 7. The van der Waals surface area contributed by atoms with Crippen molar-refractivity contribution in [3.05, 3.63) is 0 Å². The van der Waals surface area contributed by atoms with Gasteiger partial charge in [-0.2, -0.15) is 15.0 Å². The minimum Gasteiger partial charge on any atom is -0.467 e. The van der Waals surface area contributed by atoms with E-state index in [0.29, 0.717) is 23.9 Å². The van der Waals surface area contributed by atoms with Crippen LogP contribution in [0.5, 0.6) is 6.01 Å². The van der Waals surface area contributed by atoms with Crippen molar-refractivity contribution in [1.82, 2.24) is 19.9 Å². The van der Waals surface area contributed by atoms with Crippen LogP contribution in [0.15, 0.2) is 0 Å². The Bertz CT molecular complexity index is 400. The van der Waals surface area contributed by atoms with Gasteiger partial charge in [0.2, 0.25) is 11.9 Å². The van der Waals surface area contributed by atoms with Crippen molar-refractivity contribution in [3.63, 3.8) is 0 Å². The van der Waals surface area contributed by atoms with E-state index in [1.54, 1.807) is 14.2 Å². The van der Waals surface area contributed by atoms with Gasteiger partial charge in [0, 0.05) is 25.7 Å². The maximum atomic E-state index is 5.05. The first-order valence-corrected chi connectivity index (χ1v) is 6.57. The van der Waals surface area contributed by atoms with Crippen molar-refractivity contribution in [2.24, 2.45) is 0 Å². The number of ether oxygens (including phenoxy) is 1. The minimum absolute atomic E-state index is 0.310. The molecule has 0 bridgehead atoms. The first-order valence-electron chi connectivity index (χ1n) is 6.57. The number of nitrogens with one attached hydrogen (secondary N) is 2. The van der Waals surface area contributed by atoms with Gasteiger partial charge in [-0.1, -0.05) is 0 Å². The van der Waals surface area contributed by atoms with Gasteiger partial charge in [-0.05, 0) is 26.8 Å². The first kappa shape index (κ1) is 13.8. The van der Waals surface area contributed by atoms with Crippen LogP contribution in [0, 0.1) is 0 Å². The second kappa shape index (κ2) is 6.01. The van der Waals surface area contributed by atoms with Crippen LogP contribution >= 0.6 is 0 Å². The van der Waals surface area contributed by atoms with Crippen LogP contribution < -0.4 is 15.4 Å². The number of anilines is 2. The number of likely N-dealkylation sites (N-methyl/N-ethyl adjacent to an activating group) is 1. The smallest absolute Gasteiger partial charge is 0.322 e. The summed E-state index contributed by atoms with van der Waals surface area (Å²) >= 11 is 0. The van der Waals surface area contributed by atoms with Crippen LogP contribution in [0.1, 0.15) is 19.8 Å². The highest BCUT2D eigenvalue weighted by molar-refractivity contribution is 5.35. The van der Waals surface area contributed by atoms with E-state index in [1.807, 2.05) is 0 Å². The minimum atomic E-state index is 0.310. The number of methoxy groups -OCH3 is 1. The van der Waals surface area contributed by atoms with Crippen molar-refractivity contribution < 1.29 is 4.74 Å². The van der Waals surface area contributed by atoms with Crippen LogP contribution in [0.25, 0.3) is 0 Å². The molecule has 1 aromatic heterocycles. The lowest BCUT2D eigenvalue weighted by Crippen LogP contribution is -2.36. The second-order valence-electron chi connectivity index (χ2n) is 4.85. The highest BCUT2D eigenvalue weighted by atomic mass is 16.5. The summed E-state index contributed by atoms with van der Waals surface area (Å²) in [6.07, 6.45) is 2.62. The number of hydrogen-bond acceptors (Lipinski definition) is 7. The van der Waals surface area contributed by atoms with Crippen molar-refractivity contribution in [2.45, 2.75) is 31.8 Å². The van der Waals surface area contributed by atoms with E-state index in [0.717, 1.165) is 12.6 Å². The molecule has 7 nitrogen and oxygen atoms in total. The monoisotopic (exact) mass is 266 g/mol. The Kier molecular flexibility index (Phi) is 4.36. The van der Waals surface area contributed by atoms with Crippen molar-refractivity contribution in [1.29, 1.82) is 0 Å². The summed E-state index contributed by atoms with van der Waals surface area (Å²) in [4.78, 5) is 14.9. The van der Waals surface area contributed by atoms with Gasteiger partial charge in [-0.25, -0.2) is 0 Å². The van der Waals surface area contributed by atoms with Crippen LogP contribution in [0.3, 0.4) is 0 Å². The normalized spacial score (nSPS) is 16.3. The fourth-order valence-electron chi connectivity index (χ4n) is 1.86. The molecule has 0 aromatic carbocycles. The fourth-order valence-corrected chi connectivity index (χ4v) is 1.86. The van der Waals surface area contributed by atoms with E-state index in [1.165, 1.54) is 12.8 Å². The Balaban J connectivity index is 1.94. The summed E-state index contributed by atoms with van der Waals surface area (Å²) in [5, 5.41) is 6.12. The molecule has 2 rings (SSSR count). The molecule has 1 saturated carbocycles. The van der Waals surface area contributed by atoms with Gasteiger partial charge >= 0.3 is 6.01 Å². The Morgan fingerprint density at radius 2 is 2.00 bits per heavy atom. The van der Waals surface area contributed by atoms with E-state index in [4.69, 9.17) is 4.74 Å². The Labute approximate surface area is 113 Å². The zero-order valence-electron chi connectivity index (χ0n) is 12.0. The standard InChI is InChI=1S/C12H22N6O/c1-8(18(3)9-5-6-9)7-14-11-15-10(13-2)16-12(17-11)19-4/h8-9H,5-7H2,1-4H3,(H2,13,14,15,16,17). The molecule has 1 aliphatic rings. The maximum Gasteiger partial charge on any atom is 0.322 e. The predicted molar refractivity (Wildman–Crippen MR) is 74.7 cm³/mol. The van der Waals surface area contributed by atoms with Gasteiger partial charge in [0.1, 0.15) is 0 Å². The van der Waals surface area contributed by atoms with Crippen LogP contribution in [-0.4, -0.2) is 59.7 Å². The SMILES string of the molecule is CNc1nc(NCC(C)N(C)C2CC2)nc(OC)n1. The first-order chi connectivity index (χ1) is 9.13. The van der Waals surface area contributed by atoms with Gasteiger partial charge in [0.15, 0.2) is 0 Å². The maximum absolute atomic E-state index is 5.05. The molecule has 0 amide bonds. The van der Waals surface area contributed by atoms with Crippen LogP contribution in [0.4, 0.5) is 11.9 Å². The van der Waals surface area contributed by atoms with Gasteiger partial charge < -0.3 is 15.4 Å². The summed E-state index contributed by atoms with van der Waals surface area (Å²) in [5.41, 5.74) is 0. The van der Waals surface area contributed by atoms with Gasteiger partial charge in [0.05, 0.1) is 7.11 Å². The molecule has 0 aliphatic heterocycles. The lowest BCUT2D eigenvalue weighted by molar-refractivity contribution is 0.257. The molecular formula is C12H22N6O. The molecular weight excluding hydrogens is 244 g/mol. The molecule has 7 heteroatoms. The largest absolute Gasteiger partial charge is 0.467 e. The molecule has 1 unspecified atom stereocenters. The number of nitrogens with zero attached hydrogens (tertiary/aromatic N) is 4. The Morgan fingerprint density at radius 3 is 2.58 bits per heavy atom. The molecule has 0 radical (unpaired) electrons. The molecule has 1 fully saturated rings. The molecule has 1 atom stereocenters. The Morgan fingerprint density at radius 1 is 1.32 bits per heavy atom.